The van der Waals surface area contributed by atoms with Crippen LogP contribution in [0, 0.1) is 12.7 Å². The van der Waals surface area contributed by atoms with E-state index in [4.69, 9.17) is 0 Å². The van der Waals surface area contributed by atoms with Crippen LogP contribution in [0.15, 0.2) is 48.5 Å². The van der Waals surface area contributed by atoms with Crippen LogP contribution in [0.2, 0.25) is 0 Å². The summed E-state index contributed by atoms with van der Waals surface area (Å²) in [5, 5.41) is -0.0299. The summed E-state index contributed by atoms with van der Waals surface area (Å²) in [4.78, 5) is 14.6. The van der Waals surface area contributed by atoms with Crippen LogP contribution in [0.5, 0.6) is 0 Å². The number of aryl methyl sites for hydroxylation is 1. The number of benzene rings is 2. The molecule has 1 aliphatic heterocycles. The zero-order valence-corrected chi connectivity index (χ0v) is 12.6. The Labute approximate surface area is 128 Å². The average molecular weight is 301 g/mol. The lowest BCUT2D eigenvalue weighted by Gasteiger charge is -2.25. The number of amides is 1. The molecule has 1 aliphatic rings. The number of halogens is 1. The highest BCUT2D eigenvalue weighted by Gasteiger charge is 2.31. The van der Waals surface area contributed by atoms with E-state index in [1.807, 2.05) is 36.1 Å². The SMILES string of the molecule is Cc1ccccc1C(=O)N1CCSC1c1ccc(F)cc1. The molecular weight excluding hydrogens is 285 g/mol. The molecule has 0 spiro atoms. The van der Waals surface area contributed by atoms with Gasteiger partial charge in [0, 0.05) is 17.9 Å². The summed E-state index contributed by atoms with van der Waals surface area (Å²) in [7, 11) is 0. The molecule has 0 aromatic heterocycles. The minimum Gasteiger partial charge on any atom is -0.322 e. The Hall–Kier alpha value is -1.81. The van der Waals surface area contributed by atoms with Gasteiger partial charge in [0.15, 0.2) is 0 Å². The second kappa shape index (κ2) is 5.90. The third-order valence-corrected chi connectivity index (χ3v) is 4.94. The van der Waals surface area contributed by atoms with Crippen LogP contribution < -0.4 is 0 Å². The number of nitrogens with zero attached hydrogens (tertiary/aromatic N) is 1. The van der Waals surface area contributed by atoms with E-state index in [-0.39, 0.29) is 17.1 Å². The highest BCUT2D eigenvalue weighted by molar-refractivity contribution is 7.99. The molecule has 0 aliphatic carbocycles. The van der Waals surface area contributed by atoms with Crippen LogP contribution in [-0.4, -0.2) is 23.1 Å². The van der Waals surface area contributed by atoms with Gasteiger partial charge in [-0.3, -0.25) is 4.79 Å². The first-order valence-electron chi connectivity index (χ1n) is 6.90. The van der Waals surface area contributed by atoms with Crippen LogP contribution in [0.3, 0.4) is 0 Å². The van der Waals surface area contributed by atoms with Gasteiger partial charge in [-0.1, -0.05) is 30.3 Å². The quantitative estimate of drug-likeness (QED) is 0.835. The Bertz CT molecular complexity index is 656. The van der Waals surface area contributed by atoms with Gasteiger partial charge in [-0.2, -0.15) is 0 Å². The minimum absolute atomic E-state index is 0.0299. The fourth-order valence-electron chi connectivity index (χ4n) is 2.55. The van der Waals surface area contributed by atoms with Crippen molar-refractivity contribution in [3.8, 4) is 0 Å². The second-order valence-corrected chi connectivity index (χ2v) is 6.28. The van der Waals surface area contributed by atoms with Gasteiger partial charge in [-0.05, 0) is 36.2 Å². The van der Waals surface area contributed by atoms with E-state index in [0.29, 0.717) is 0 Å². The molecule has 1 unspecified atom stereocenters. The normalized spacial score (nSPS) is 18.0. The van der Waals surface area contributed by atoms with Crippen molar-refractivity contribution in [1.82, 2.24) is 4.90 Å². The first-order valence-corrected chi connectivity index (χ1v) is 7.95. The van der Waals surface area contributed by atoms with Crippen molar-refractivity contribution < 1.29 is 9.18 Å². The Morgan fingerprint density at radius 2 is 1.90 bits per heavy atom. The molecule has 0 saturated carbocycles. The predicted molar refractivity (Wildman–Crippen MR) is 83.8 cm³/mol. The predicted octanol–water partition coefficient (Wildman–Crippen LogP) is 4.02. The highest BCUT2D eigenvalue weighted by Crippen LogP contribution is 2.38. The fourth-order valence-corrected chi connectivity index (χ4v) is 3.81. The largest absolute Gasteiger partial charge is 0.322 e. The fraction of sp³-hybridized carbons (Fsp3) is 0.235. The summed E-state index contributed by atoms with van der Waals surface area (Å²) >= 11 is 1.72. The number of thioether (sulfide) groups is 1. The minimum atomic E-state index is -0.251. The molecule has 4 heteroatoms. The van der Waals surface area contributed by atoms with E-state index in [1.165, 1.54) is 12.1 Å². The van der Waals surface area contributed by atoms with Crippen molar-refractivity contribution >= 4 is 17.7 Å². The molecule has 1 amide bonds. The molecule has 108 valence electrons. The summed E-state index contributed by atoms with van der Waals surface area (Å²) in [6.45, 7) is 2.67. The number of hydrogen-bond acceptors (Lipinski definition) is 2. The van der Waals surface area contributed by atoms with Crippen molar-refractivity contribution in [2.24, 2.45) is 0 Å². The standard InChI is InChI=1S/C17H16FNOS/c1-12-4-2-3-5-15(12)16(20)19-10-11-21-17(19)13-6-8-14(18)9-7-13/h2-9,17H,10-11H2,1H3. The lowest BCUT2D eigenvalue weighted by molar-refractivity contribution is 0.0759. The summed E-state index contributed by atoms with van der Waals surface area (Å²) in [5.41, 5.74) is 2.70. The second-order valence-electron chi connectivity index (χ2n) is 5.09. The zero-order chi connectivity index (χ0) is 14.8. The summed E-state index contributed by atoms with van der Waals surface area (Å²) in [6.07, 6.45) is 0. The number of hydrogen-bond donors (Lipinski definition) is 0. The van der Waals surface area contributed by atoms with Crippen LogP contribution in [0.1, 0.15) is 26.9 Å². The molecule has 0 bridgehead atoms. The van der Waals surface area contributed by atoms with Crippen LogP contribution in [0.4, 0.5) is 4.39 Å². The summed E-state index contributed by atoms with van der Waals surface area (Å²) in [5.74, 6) is 0.700. The van der Waals surface area contributed by atoms with Crippen LogP contribution in [-0.2, 0) is 0 Å². The lowest BCUT2D eigenvalue weighted by Crippen LogP contribution is -2.30. The van der Waals surface area contributed by atoms with Gasteiger partial charge in [0.25, 0.3) is 5.91 Å². The maximum Gasteiger partial charge on any atom is 0.255 e. The van der Waals surface area contributed by atoms with Crippen molar-refractivity contribution in [1.29, 1.82) is 0 Å². The molecule has 1 saturated heterocycles. The summed E-state index contributed by atoms with van der Waals surface area (Å²) in [6, 6.07) is 14.0. The van der Waals surface area contributed by atoms with Crippen molar-refractivity contribution in [3.05, 3.63) is 71.0 Å². The zero-order valence-electron chi connectivity index (χ0n) is 11.8. The van der Waals surface area contributed by atoms with Crippen LogP contribution >= 0.6 is 11.8 Å². The third kappa shape index (κ3) is 2.81. The van der Waals surface area contributed by atoms with E-state index in [9.17, 15) is 9.18 Å². The molecule has 2 nitrogen and oxygen atoms in total. The highest BCUT2D eigenvalue weighted by atomic mass is 32.2. The lowest BCUT2D eigenvalue weighted by atomic mass is 10.1. The maximum absolute atomic E-state index is 13.1. The van der Waals surface area contributed by atoms with E-state index >= 15 is 0 Å². The van der Waals surface area contributed by atoms with Crippen molar-refractivity contribution in [2.75, 3.05) is 12.3 Å². The molecule has 1 fully saturated rings. The number of rotatable bonds is 2. The molecule has 2 aromatic carbocycles. The molecule has 21 heavy (non-hydrogen) atoms. The Kier molecular flexibility index (Phi) is 3.97. The van der Waals surface area contributed by atoms with Gasteiger partial charge < -0.3 is 4.90 Å². The first-order chi connectivity index (χ1) is 10.2. The number of carbonyl (C=O) groups is 1. The Morgan fingerprint density at radius 3 is 2.62 bits per heavy atom. The van der Waals surface area contributed by atoms with Gasteiger partial charge in [0.05, 0.1) is 0 Å². The Morgan fingerprint density at radius 1 is 1.19 bits per heavy atom. The molecular formula is C17H16FNOS. The van der Waals surface area contributed by atoms with Gasteiger partial charge in [0.1, 0.15) is 11.2 Å². The number of carbonyl (C=O) groups excluding carboxylic acids is 1. The smallest absolute Gasteiger partial charge is 0.255 e. The molecule has 1 atom stereocenters. The van der Waals surface area contributed by atoms with Crippen molar-refractivity contribution in [3.63, 3.8) is 0 Å². The van der Waals surface area contributed by atoms with Gasteiger partial charge in [0.2, 0.25) is 0 Å². The molecule has 3 rings (SSSR count). The Balaban J connectivity index is 1.89. The molecule has 0 N–H and O–H groups in total. The van der Waals surface area contributed by atoms with Gasteiger partial charge in [-0.25, -0.2) is 4.39 Å². The topological polar surface area (TPSA) is 20.3 Å². The average Bonchev–Trinajstić information content (AvgIpc) is 2.97. The van der Waals surface area contributed by atoms with Gasteiger partial charge in [-0.15, -0.1) is 11.8 Å². The maximum atomic E-state index is 13.1. The van der Waals surface area contributed by atoms with Crippen molar-refractivity contribution in [2.45, 2.75) is 12.3 Å². The van der Waals surface area contributed by atoms with E-state index < -0.39 is 0 Å². The van der Waals surface area contributed by atoms with E-state index in [2.05, 4.69) is 0 Å². The molecule has 2 aromatic rings. The molecule has 1 heterocycles. The third-order valence-electron chi connectivity index (χ3n) is 3.68. The first kappa shape index (κ1) is 14.1. The van der Waals surface area contributed by atoms with Crippen LogP contribution in [0.25, 0.3) is 0 Å². The van der Waals surface area contributed by atoms with Gasteiger partial charge >= 0.3 is 0 Å². The summed E-state index contributed by atoms with van der Waals surface area (Å²) < 4.78 is 13.1. The van der Waals surface area contributed by atoms with E-state index in [1.54, 1.807) is 23.9 Å². The monoisotopic (exact) mass is 301 g/mol. The molecule has 0 radical (unpaired) electrons. The van der Waals surface area contributed by atoms with E-state index in [0.717, 1.165) is 29.0 Å².